The Kier molecular flexibility index (Phi) is 46.1. The van der Waals surface area contributed by atoms with E-state index >= 15 is 0 Å². The fraction of sp³-hybridized carbons (Fsp3) is 0.922. The van der Waals surface area contributed by atoms with E-state index in [2.05, 4.69) is 31.3 Å². The molecule has 0 aromatic heterocycles. The summed E-state index contributed by atoms with van der Waals surface area (Å²) in [5, 5.41) is 23.1. The minimum absolute atomic E-state index is 0.0267. The zero-order chi connectivity index (χ0) is 41.5. The number of unbranched alkanes of at least 4 members (excludes halogenated alkanes) is 34. The molecule has 0 saturated carbocycles. The first kappa shape index (κ1) is 55.6. The normalized spacial score (nSPS) is 12.7. The molecule has 0 aromatic rings. The number of amides is 1. The molecule has 0 rings (SSSR count). The highest BCUT2D eigenvalue weighted by atomic mass is 16.5. The van der Waals surface area contributed by atoms with Crippen LogP contribution in [-0.4, -0.2) is 47.4 Å². The number of hydrogen-bond donors (Lipinski definition) is 3. The van der Waals surface area contributed by atoms with Gasteiger partial charge in [0.05, 0.1) is 25.4 Å². The van der Waals surface area contributed by atoms with Crippen LogP contribution < -0.4 is 5.32 Å². The van der Waals surface area contributed by atoms with Gasteiger partial charge in [0.1, 0.15) is 0 Å². The van der Waals surface area contributed by atoms with Crippen molar-refractivity contribution in [2.45, 2.75) is 289 Å². The van der Waals surface area contributed by atoms with Gasteiger partial charge in [-0.3, -0.25) is 9.59 Å². The van der Waals surface area contributed by atoms with E-state index in [9.17, 15) is 19.8 Å². The van der Waals surface area contributed by atoms with Crippen LogP contribution in [0, 0.1) is 0 Å². The fourth-order valence-electron chi connectivity index (χ4n) is 7.87. The summed E-state index contributed by atoms with van der Waals surface area (Å²) in [4.78, 5) is 24.4. The fourth-order valence-corrected chi connectivity index (χ4v) is 7.87. The lowest BCUT2D eigenvalue weighted by Gasteiger charge is -2.22. The van der Waals surface area contributed by atoms with E-state index < -0.39 is 12.1 Å². The molecule has 2 atom stereocenters. The van der Waals surface area contributed by atoms with Crippen LogP contribution in [0.15, 0.2) is 12.2 Å². The third kappa shape index (κ3) is 44.0. The summed E-state index contributed by atoms with van der Waals surface area (Å²) in [6, 6.07) is -0.559. The second-order valence-electron chi connectivity index (χ2n) is 17.5. The maximum atomic E-state index is 12.4. The second kappa shape index (κ2) is 47.3. The van der Waals surface area contributed by atoms with Crippen LogP contribution in [0.5, 0.6) is 0 Å². The number of aliphatic hydroxyl groups excluding tert-OH is 2. The smallest absolute Gasteiger partial charge is 0.305 e. The molecule has 6 heteroatoms. The van der Waals surface area contributed by atoms with Gasteiger partial charge >= 0.3 is 5.97 Å². The third-order valence-corrected chi connectivity index (χ3v) is 11.8. The van der Waals surface area contributed by atoms with E-state index in [-0.39, 0.29) is 18.5 Å². The maximum absolute atomic E-state index is 12.4. The number of allylic oxidation sites excluding steroid dienone is 2. The number of hydrogen-bond acceptors (Lipinski definition) is 5. The van der Waals surface area contributed by atoms with E-state index in [4.69, 9.17) is 4.74 Å². The summed E-state index contributed by atoms with van der Waals surface area (Å²) in [6.07, 6.45) is 53.3. The molecule has 0 saturated heterocycles. The Morgan fingerprint density at radius 1 is 0.474 bits per heavy atom. The van der Waals surface area contributed by atoms with Gasteiger partial charge in [-0.25, -0.2) is 0 Å². The van der Waals surface area contributed by atoms with E-state index in [1.165, 1.54) is 161 Å². The van der Waals surface area contributed by atoms with E-state index in [1.807, 2.05) is 0 Å². The van der Waals surface area contributed by atoms with Gasteiger partial charge in [0, 0.05) is 12.8 Å². The van der Waals surface area contributed by atoms with Gasteiger partial charge in [-0.2, -0.15) is 0 Å². The molecule has 0 aliphatic carbocycles. The minimum atomic E-state index is -0.679. The molecule has 0 aliphatic heterocycles. The highest BCUT2D eigenvalue weighted by Crippen LogP contribution is 2.16. The van der Waals surface area contributed by atoms with E-state index in [0.717, 1.165) is 83.5 Å². The van der Waals surface area contributed by atoms with Gasteiger partial charge in [0.15, 0.2) is 0 Å². The summed E-state index contributed by atoms with van der Waals surface area (Å²) in [6.45, 7) is 4.87. The lowest BCUT2D eigenvalue weighted by molar-refractivity contribution is -0.143. The van der Waals surface area contributed by atoms with Gasteiger partial charge in [-0.05, 0) is 51.4 Å². The largest absolute Gasteiger partial charge is 0.466 e. The van der Waals surface area contributed by atoms with Crippen molar-refractivity contribution in [3.63, 3.8) is 0 Å². The third-order valence-electron chi connectivity index (χ3n) is 11.8. The lowest BCUT2D eigenvalue weighted by Crippen LogP contribution is -2.45. The highest BCUT2D eigenvalue weighted by molar-refractivity contribution is 5.76. The SMILES string of the molecule is CCCCCCCCCCCCCCCCCCCCCC(=O)OCCCC/C=C\CCCCCCCC(=O)NC(CO)C(O)CCCCCCCCCCCC. The molecule has 338 valence electrons. The van der Waals surface area contributed by atoms with Crippen molar-refractivity contribution in [3.8, 4) is 0 Å². The van der Waals surface area contributed by atoms with Gasteiger partial charge in [-0.1, -0.05) is 225 Å². The summed E-state index contributed by atoms with van der Waals surface area (Å²) >= 11 is 0. The number of nitrogens with one attached hydrogen (secondary N) is 1. The van der Waals surface area contributed by atoms with Crippen molar-refractivity contribution in [1.29, 1.82) is 0 Å². The van der Waals surface area contributed by atoms with Crippen molar-refractivity contribution in [2.75, 3.05) is 13.2 Å². The van der Waals surface area contributed by atoms with Crippen LogP contribution in [0.3, 0.4) is 0 Å². The molecule has 1 amide bonds. The summed E-state index contributed by atoms with van der Waals surface area (Å²) in [5.41, 5.74) is 0. The zero-order valence-electron chi connectivity index (χ0n) is 38.3. The van der Waals surface area contributed by atoms with Crippen LogP contribution >= 0.6 is 0 Å². The molecule has 0 bridgehead atoms. The summed E-state index contributed by atoms with van der Waals surface area (Å²) in [5.74, 6) is -0.0918. The second-order valence-corrected chi connectivity index (χ2v) is 17.5. The van der Waals surface area contributed by atoms with Crippen molar-refractivity contribution in [3.05, 3.63) is 12.2 Å². The molecule has 0 fully saturated rings. The Morgan fingerprint density at radius 3 is 1.25 bits per heavy atom. The lowest BCUT2D eigenvalue weighted by atomic mass is 10.0. The van der Waals surface area contributed by atoms with Gasteiger partial charge in [0.25, 0.3) is 0 Å². The molecule has 3 N–H and O–H groups in total. The molecule has 0 aliphatic rings. The quantitative estimate of drug-likeness (QED) is 0.0323. The van der Waals surface area contributed by atoms with Crippen LogP contribution in [0.25, 0.3) is 0 Å². The Hall–Kier alpha value is -1.40. The topological polar surface area (TPSA) is 95.9 Å². The Labute approximate surface area is 355 Å². The van der Waals surface area contributed by atoms with Gasteiger partial charge in [-0.15, -0.1) is 0 Å². The number of carbonyl (C=O) groups excluding carboxylic acids is 2. The number of rotatable bonds is 47. The summed E-state index contributed by atoms with van der Waals surface area (Å²) < 4.78 is 5.45. The zero-order valence-corrected chi connectivity index (χ0v) is 38.3. The van der Waals surface area contributed by atoms with Crippen molar-refractivity contribution in [2.24, 2.45) is 0 Å². The van der Waals surface area contributed by atoms with Crippen LogP contribution in [0.2, 0.25) is 0 Å². The average Bonchev–Trinajstić information content (AvgIpc) is 3.21. The van der Waals surface area contributed by atoms with Crippen molar-refractivity contribution < 1.29 is 24.5 Å². The number of ether oxygens (including phenoxy) is 1. The monoisotopic (exact) mass is 806 g/mol. The van der Waals surface area contributed by atoms with E-state index in [0.29, 0.717) is 25.9 Å². The molecular formula is C51H99NO5. The molecular weight excluding hydrogens is 707 g/mol. The first-order chi connectivity index (χ1) is 28.0. The Balaban J connectivity index is 3.45. The van der Waals surface area contributed by atoms with E-state index in [1.54, 1.807) is 0 Å². The van der Waals surface area contributed by atoms with Crippen LogP contribution in [-0.2, 0) is 14.3 Å². The van der Waals surface area contributed by atoms with Crippen molar-refractivity contribution in [1.82, 2.24) is 5.32 Å². The molecule has 0 aromatic carbocycles. The van der Waals surface area contributed by atoms with Crippen LogP contribution in [0.4, 0.5) is 0 Å². The predicted molar refractivity (Wildman–Crippen MR) is 246 cm³/mol. The van der Waals surface area contributed by atoms with Gasteiger partial charge < -0.3 is 20.3 Å². The predicted octanol–water partition coefficient (Wildman–Crippen LogP) is 15.0. The standard InChI is InChI=1S/C51H99NO5/c1-3-5-7-9-11-13-15-16-17-18-19-20-21-22-25-29-33-37-41-45-51(56)57-46-42-38-34-30-26-23-24-28-32-36-40-44-50(55)52-48(47-53)49(54)43-39-35-31-27-14-12-10-8-6-4-2/h26,30,48-49,53-54H,3-25,27-29,31-47H2,1-2H3,(H,52,55)/b30-26-. The molecule has 0 heterocycles. The first-order valence-electron chi connectivity index (χ1n) is 25.4. The molecule has 0 radical (unpaired) electrons. The van der Waals surface area contributed by atoms with Gasteiger partial charge in [0.2, 0.25) is 5.91 Å². The highest BCUT2D eigenvalue weighted by Gasteiger charge is 2.20. The minimum Gasteiger partial charge on any atom is -0.466 e. The maximum Gasteiger partial charge on any atom is 0.305 e. The molecule has 57 heavy (non-hydrogen) atoms. The molecule has 6 nitrogen and oxygen atoms in total. The number of esters is 1. The first-order valence-corrected chi connectivity index (χ1v) is 25.4. The average molecular weight is 806 g/mol. The number of aliphatic hydroxyl groups is 2. The molecule has 0 spiro atoms. The Bertz CT molecular complexity index is 847. The van der Waals surface area contributed by atoms with Crippen LogP contribution in [0.1, 0.15) is 277 Å². The van der Waals surface area contributed by atoms with Crippen molar-refractivity contribution >= 4 is 11.9 Å². The summed E-state index contributed by atoms with van der Waals surface area (Å²) in [7, 11) is 0. The molecule has 2 unspecified atom stereocenters. The Morgan fingerprint density at radius 2 is 0.825 bits per heavy atom. The number of carbonyl (C=O) groups is 2.